The summed E-state index contributed by atoms with van der Waals surface area (Å²) in [6.07, 6.45) is 3.11. The number of likely N-dealkylation sites (N-methyl/N-ethyl adjacent to an activating group) is 1. The fourth-order valence-electron chi connectivity index (χ4n) is 1.91. The zero-order valence-corrected chi connectivity index (χ0v) is 9.54. The van der Waals surface area contributed by atoms with Crippen LogP contribution < -0.4 is 5.32 Å². The molecule has 2 aromatic heterocycles. The van der Waals surface area contributed by atoms with Crippen molar-refractivity contribution in [1.29, 1.82) is 0 Å². The van der Waals surface area contributed by atoms with Crippen LogP contribution in [0.4, 0.5) is 0 Å². The van der Waals surface area contributed by atoms with E-state index in [0.29, 0.717) is 0 Å². The van der Waals surface area contributed by atoms with E-state index < -0.39 is 0 Å². The number of hydrogen-bond donors (Lipinski definition) is 1. The number of pyridine rings is 1. The van der Waals surface area contributed by atoms with Crippen LogP contribution in [0.5, 0.6) is 0 Å². The molecule has 1 N–H and O–H groups in total. The summed E-state index contributed by atoms with van der Waals surface area (Å²) >= 11 is 0. The molecule has 0 aliphatic rings. The van der Waals surface area contributed by atoms with E-state index in [9.17, 15) is 0 Å². The molecule has 0 atom stereocenters. The van der Waals surface area contributed by atoms with Gasteiger partial charge in [0.25, 0.3) is 0 Å². The molecule has 0 aliphatic carbocycles. The molecule has 0 saturated carbocycles. The number of nitrogens with zero attached hydrogens (tertiary/aromatic N) is 2. The summed E-state index contributed by atoms with van der Waals surface area (Å²) in [4.78, 5) is 4.60. The van der Waals surface area contributed by atoms with Gasteiger partial charge in [0.15, 0.2) is 0 Å². The second kappa shape index (κ2) is 4.03. The minimum Gasteiger partial charge on any atom is -0.319 e. The Morgan fingerprint density at radius 3 is 2.93 bits per heavy atom. The van der Waals surface area contributed by atoms with Crippen molar-refractivity contribution in [1.82, 2.24) is 14.7 Å². The average molecular weight is 203 g/mol. The summed E-state index contributed by atoms with van der Waals surface area (Å²) < 4.78 is 2.20. The maximum Gasteiger partial charge on any atom is 0.140 e. The molecule has 0 radical (unpaired) electrons. The van der Waals surface area contributed by atoms with Gasteiger partial charge in [-0.1, -0.05) is 6.07 Å². The number of aryl methyl sites for hydroxylation is 2. The Balaban J connectivity index is 2.53. The molecule has 80 valence electrons. The quantitative estimate of drug-likeness (QED) is 0.823. The zero-order chi connectivity index (χ0) is 10.8. The van der Waals surface area contributed by atoms with E-state index in [1.165, 1.54) is 11.3 Å². The lowest BCUT2D eigenvalue weighted by molar-refractivity contribution is 0.766. The highest BCUT2D eigenvalue weighted by Crippen LogP contribution is 2.15. The summed E-state index contributed by atoms with van der Waals surface area (Å²) in [5.74, 6) is 0. The maximum absolute atomic E-state index is 4.60. The third kappa shape index (κ3) is 1.75. The molecular formula is C12H17N3. The molecule has 0 saturated heterocycles. The van der Waals surface area contributed by atoms with Crippen molar-refractivity contribution in [3.05, 3.63) is 35.3 Å². The predicted molar refractivity (Wildman–Crippen MR) is 62.3 cm³/mol. The number of hydrogen-bond acceptors (Lipinski definition) is 2. The normalized spacial score (nSPS) is 11.1. The molecule has 0 bridgehead atoms. The Hall–Kier alpha value is -1.35. The molecule has 3 nitrogen and oxygen atoms in total. The number of imidazole rings is 1. The van der Waals surface area contributed by atoms with E-state index >= 15 is 0 Å². The first kappa shape index (κ1) is 10.2. The topological polar surface area (TPSA) is 29.3 Å². The summed E-state index contributed by atoms with van der Waals surface area (Å²) in [6, 6.07) is 4.18. The van der Waals surface area contributed by atoms with Gasteiger partial charge in [-0.05, 0) is 32.5 Å². The molecule has 2 heterocycles. The van der Waals surface area contributed by atoms with E-state index in [4.69, 9.17) is 0 Å². The number of aromatic nitrogens is 2. The van der Waals surface area contributed by atoms with Crippen molar-refractivity contribution in [2.24, 2.45) is 0 Å². The van der Waals surface area contributed by atoms with Gasteiger partial charge in [-0.25, -0.2) is 4.98 Å². The molecule has 0 amide bonds. The van der Waals surface area contributed by atoms with Crippen molar-refractivity contribution in [2.75, 3.05) is 13.6 Å². The van der Waals surface area contributed by atoms with Gasteiger partial charge in [0.1, 0.15) is 5.65 Å². The van der Waals surface area contributed by atoms with Crippen molar-refractivity contribution < 1.29 is 0 Å². The Kier molecular flexibility index (Phi) is 2.73. The number of fused-ring (bicyclic) bond motifs is 1. The molecule has 15 heavy (non-hydrogen) atoms. The highest BCUT2D eigenvalue weighted by Gasteiger charge is 2.08. The lowest BCUT2D eigenvalue weighted by Crippen LogP contribution is -2.12. The fourth-order valence-corrected chi connectivity index (χ4v) is 1.91. The van der Waals surface area contributed by atoms with Crippen LogP contribution in [0.15, 0.2) is 18.3 Å². The smallest absolute Gasteiger partial charge is 0.140 e. The summed E-state index contributed by atoms with van der Waals surface area (Å²) in [5.41, 5.74) is 4.76. The van der Waals surface area contributed by atoms with Gasteiger partial charge in [0.05, 0.1) is 5.69 Å². The van der Waals surface area contributed by atoms with Crippen LogP contribution in [0, 0.1) is 13.8 Å². The van der Waals surface area contributed by atoms with Gasteiger partial charge in [-0.2, -0.15) is 0 Å². The van der Waals surface area contributed by atoms with E-state index in [1.54, 1.807) is 0 Å². The largest absolute Gasteiger partial charge is 0.319 e. The molecular weight excluding hydrogens is 186 g/mol. The number of rotatable bonds is 3. The molecule has 0 aromatic carbocycles. The Labute approximate surface area is 90.1 Å². The number of nitrogens with one attached hydrogen (secondary N) is 1. The van der Waals surface area contributed by atoms with Crippen LogP contribution in [-0.2, 0) is 6.42 Å². The molecule has 2 aromatic rings. The second-order valence-corrected chi connectivity index (χ2v) is 3.88. The maximum atomic E-state index is 4.60. The SMILES string of the molecule is CNCCc1c(C)nc2c(C)cccn12. The van der Waals surface area contributed by atoms with Gasteiger partial charge < -0.3 is 9.72 Å². The Morgan fingerprint density at radius 2 is 2.20 bits per heavy atom. The zero-order valence-electron chi connectivity index (χ0n) is 9.54. The first-order chi connectivity index (χ1) is 7.24. The van der Waals surface area contributed by atoms with Crippen LogP contribution in [0.25, 0.3) is 5.65 Å². The first-order valence-electron chi connectivity index (χ1n) is 5.32. The van der Waals surface area contributed by atoms with Gasteiger partial charge >= 0.3 is 0 Å². The molecule has 3 heteroatoms. The standard InChI is InChI=1S/C12H17N3/c1-9-5-4-8-15-11(6-7-13-3)10(2)14-12(9)15/h4-5,8,13H,6-7H2,1-3H3. The fraction of sp³-hybridized carbons (Fsp3) is 0.417. The lowest BCUT2D eigenvalue weighted by atomic mass is 10.2. The van der Waals surface area contributed by atoms with E-state index in [-0.39, 0.29) is 0 Å². The van der Waals surface area contributed by atoms with Crippen molar-refractivity contribution in [3.63, 3.8) is 0 Å². The van der Waals surface area contributed by atoms with Crippen molar-refractivity contribution in [3.8, 4) is 0 Å². The van der Waals surface area contributed by atoms with Crippen LogP contribution in [0.3, 0.4) is 0 Å². The summed E-state index contributed by atoms with van der Waals surface area (Å²) in [5, 5.41) is 3.17. The molecule has 0 fully saturated rings. The van der Waals surface area contributed by atoms with Gasteiger partial charge in [0, 0.05) is 24.9 Å². The average Bonchev–Trinajstić information content (AvgIpc) is 2.54. The van der Waals surface area contributed by atoms with Crippen LogP contribution >= 0.6 is 0 Å². The second-order valence-electron chi connectivity index (χ2n) is 3.88. The van der Waals surface area contributed by atoms with Crippen LogP contribution in [0.1, 0.15) is 17.0 Å². The lowest BCUT2D eigenvalue weighted by Gasteiger charge is -2.03. The van der Waals surface area contributed by atoms with Gasteiger partial charge in [0.2, 0.25) is 0 Å². The molecule has 0 unspecified atom stereocenters. The molecule has 0 spiro atoms. The molecule has 2 rings (SSSR count). The highest BCUT2D eigenvalue weighted by atomic mass is 15.0. The Bertz CT molecular complexity index is 471. The van der Waals surface area contributed by atoms with E-state index in [1.807, 2.05) is 7.05 Å². The highest BCUT2D eigenvalue weighted by molar-refractivity contribution is 5.50. The summed E-state index contributed by atoms with van der Waals surface area (Å²) in [6.45, 7) is 5.17. The summed E-state index contributed by atoms with van der Waals surface area (Å²) in [7, 11) is 1.98. The Morgan fingerprint density at radius 1 is 1.40 bits per heavy atom. The van der Waals surface area contributed by atoms with Gasteiger partial charge in [-0.3, -0.25) is 0 Å². The van der Waals surface area contributed by atoms with Crippen LogP contribution in [-0.4, -0.2) is 23.0 Å². The third-order valence-corrected chi connectivity index (χ3v) is 2.76. The monoisotopic (exact) mass is 203 g/mol. The minimum absolute atomic E-state index is 0.989. The van der Waals surface area contributed by atoms with Crippen molar-refractivity contribution in [2.45, 2.75) is 20.3 Å². The van der Waals surface area contributed by atoms with E-state index in [2.05, 4.69) is 46.9 Å². The minimum atomic E-state index is 0.989. The molecule has 0 aliphatic heterocycles. The van der Waals surface area contributed by atoms with E-state index in [0.717, 1.165) is 24.3 Å². The third-order valence-electron chi connectivity index (χ3n) is 2.76. The van der Waals surface area contributed by atoms with Crippen molar-refractivity contribution >= 4 is 5.65 Å². The first-order valence-corrected chi connectivity index (χ1v) is 5.32. The van der Waals surface area contributed by atoms with Crippen LogP contribution in [0.2, 0.25) is 0 Å². The van der Waals surface area contributed by atoms with Gasteiger partial charge in [-0.15, -0.1) is 0 Å². The predicted octanol–water partition coefficient (Wildman–Crippen LogP) is 1.71.